The Hall–Kier alpha value is -2.01. The van der Waals surface area contributed by atoms with E-state index in [0.717, 1.165) is 11.0 Å². The van der Waals surface area contributed by atoms with E-state index < -0.39 is 0 Å². The minimum absolute atomic E-state index is 0.301. The molecule has 100 valence electrons. The first kappa shape index (κ1) is 12.7. The van der Waals surface area contributed by atoms with Crippen LogP contribution in [0.2, 0.25) is 0 Å². The molecule has 21 heavy (non-hydrogen) atoms. The summed E-state index contributed by atoms with van der Waals surface area (Å²) in [5, 5.41) is 2.42. The molecule has 0 aliphatic heterocycles. The molecule has 2 heterocycles. The lowest BCUT2D eigenvalue weighted by Gasteiger charge is -1.97. The van der Waals surface area contributed by atoms with E-state index in [1.54, 1.807) is 0 Å². The largest absolute Gasteiger partial charge is 0.362 e. The second-order valence-electron chi connectivity index (χ2n) is 4.72. The number of pyridine rings is 2. The smallest absolute Gasteiger partial charge is 0.251 e. The van der Waals surface area contributed by atoms with Crippen molar-refractivity contribution >= 4 is 21.8 Å². The first-order valence-electron chi connectivity index (χ1n) is 6.74. The number of halogens is 1. The van der Waals surface area contributed by atoms with E-state index in [4.69, 9.17) is 0 Å². The standard InChI is InChI=1S/C18H12IN2/c1-5-13-7-3-11-20-17(13)15(9-1)19-16-10-2-6-14-8-4-12-21-18(14)16/h1-12H/q+1. The SMILES string of the molecule is c1cnc2c([I+]c3cccc4cccnc34)cccc2c1. The molecule has 0 radical (unpaired) electrons. The number of fused-ring (bicyclic) bond motifs is 2. The molecule has 0 atom stereocenters. The second kappa shape index (κ2) is 5.41. The van der Waals surface area contributed by atoms with E-state index in [1.807, 2.05) is 24.5 Å². The Bertz CT molecular complexity index is 846. The number of hydrogen-bond donors (Lipinski definition) is 0. The Balaban J connectivity index is 1.87. The summed E-state index contributed by atoms with van der Waals surface area (Å²) < 4.78 is 2.70. The minimum Gasteiger partial charge on any atom is -0.251 e. The first-order valence-corrected chi connectivity index (χ1v) is 8.90. The molecule has 0 amide bonds. The second-order valence-corrected chi connectivity index (χ2v) is 7.59. The minimum atomic E-state index is -0.301. The van der Waals surface area contributed by atoms with Crippen LogP contribution in [0.5, 0.6) is 0 Å². The number of para-hydroxylation sites is 2. The molecule has 0 saturated carbocycles. The molecule has 2 aromatic heterocycles. The van der Waals surface area contributed by atoms with Gasteiger partial charge in [-0.05, 0) is 24.3 Å². The van der Waals surface area contributed by atoms with Gasteiger partial charge in [0.2, 0.25) is 7.14 Å². The Kier molecular flexibility index (Phi) is 3.27. The normalized spacial score (nSPS) is 11.0. The predicted molar refractivity (Wildman–Crippen MR) is 80.9 cm³/mol. The van der Waals surface area contributed by atoms with Gasteiger partial charge < -0.3 is 0 Å². The maximum Gasteiger partial charge on any atom is 0.362 e. The molecule has 3 heteroatoms. The van der Waals surface area contributed by atoms with Crippen LogP contribution in [0.3, 0.4) is 0 Å². The van der Waals surface area contributed by atoms with Gasteiger partial charge in [0.1, 0.15) is 11.0 Å². The lowest BCUT2D eigenvalue weighted by atomic mass is 10.2. The molecule has 0 spiro atoms. The van der Waals surface area contributed by atoms with Crippen LogP contribution in [-0.2, 0) is 0 Å². The van der Waals surface area contributed by atoms with E-state index in [9.17, 15) is 0 Å². The number of nitrogens with zero attached hydrogens (tertiary/aromatic N) is 2. The third-order valence-electron chi connectivity index (χ3n) is 3.37. The topological polar surface area (TPSA) is 25.8 Å². The average Bonchev–Trinajstić information content (AvgIpc) is 2.56. The highest BCUT2D eigenvalue weighted by atomic mass is 127. The number of rotatable bonds is 2. The molecular weight excluding hydrogens is 371 g/mol. The summed E-state index contributed by atoms with van der Waals surface area (Å²) in [4.78, 5) is 9.13. The first-order chi connectivity index (χ1) is 10.4. The van der Waals surface area contributed by atoms with Gasteiger partial charge in [-0.15, -0.1) is 0 Å². The van der Waals surface area contributed by atoms with Crippen LogP contribution in [0.25, 0.3) is 21.8 Å². The van der Waals surface area contributed by atoms with E-state index in [0.29, 0.717) is 0 Å². The van der Waals surface area contributed by atoms with Crippen LogP contribution in [0.4, 0.5) is 0 Å². The van der Waals surface area contributed by atoms with Crippen LogP contribution >= 0.6 is 0 Å². The maximum absolute atomic E-state index is 4.56. The van der Waals surface area contributed by atoms with Gasteiger partial charge in [0.05, 0.1) is 0 Å². The molecule has 0 aliphatic carbocycles. The van der Waals surface area contributed by atoms with Crippen molar-refractivity contribution < 1.29 is 21.2 Å². The molecule has 0 N–H and O–H groups in total. The van der Waals surface area contributed by atoms with E-state index in [2.05, 4.69) is 58.5 Å². The summed E-state index contributed by atoms with van der Waals surface area (Å²) in [7, 11) is 0. The van der Waals surface area contributed by atoms with Crippen LogP contribution in [0.15, 0.2) is 73.1 Å². The van der Waals surface area contributed by atoms with Crippen LogP contribution in [-0.4, -0.2) is 9.97 Å². The summed E-state index contributed by atoms with van der Waals surface area (Å²) in [6.07, 6.45) is 3.74. The summed E-state index contributed by atoms with van der Waals surface area (Å²) in [6.45, 7) is 0. The summed E-state index contributed by atoms with van der Waals surface area (Å²) in [5.41, 5.74) is 2.25. The molecule has 0 fully saturated rings. The van der Waals surface area contributed by atoms with Crippen LogP contribution < -0.4 is 21.2 Å². The van der Waals surface area contributed by atoms with Gasteiger partial charge in [0.25, 0.3) is 0 Å². The molecule has 2 nitrogen and oxygen atoms in total. The van der Waals surface area contributed by atoms with Gasteiger partial charge in [-0.2, -0.15) is 0 Å². The van der Waals surface area contributed by atoms with Crippen molar-refractivity contribution in [3.05, 3.63) is 80.2 Å². The van der Waals surface area contributed by atoms with Gasteiger partial charge in [-0.1, -0.05) is 36.4 Å². The van der Waals surface area contributed by atoms with Gasteiger partial charge in [0, 0.05) is 23.2 Å². The fourth-order valence-electron chi connectivity index (χ4n) is 2.40. The molecule has 0 saturated heterocycles. The van der Waals surface area contributed by atoms with Crippen molar-refractivity contribution in [2.24, 2.45) is 0 Å². The van der Waals surface area contributed by atoms with E-state index in [-0.39, 0.29) is 21.2 Å². The summed E-state index contributed by atoms with van der Waals surface area (Å²) in [6, 6.07) is 21.1. The summed E-state index contributed by atoms with van der Waals surface area (Å²) in [5.74, 6) is 0. The van der Waals surface area contributed by atoms with Gasteiger partial charge in [0.15, 0.2) is 0 Å². The lowest BCUT2D eigenvalue weighted by molar-refractivity contribution is -0.593. The van der Waals surface area contributed by atoms with Crippen molar-refractivity contribution in [2.45, 2.75) is 0 Å². The predicted octanol–water partition coefficient (Wildman–Crippen LogP) is 0.911. The van der Waals surface area contributed by atoms with Crippen molar-refractivity contribution in [3.8, 4) is 0 Å². The Morgan fingerprint density at radius 1 is 0.571 bits per heavy atom. The van der Waals surface area contributed by atoms with Crippen molar-refractivity contribution in [2.75, 3.05) is 0 Å². The quantitative estimate of drug-likeness (QED) is 0.481. The number of hydrogen-bond acceptors (Lipinski definition) is 2. The highest BCUT2D eigenvalue weighted by molar-refractivity contribution is 5.79. The number of benzene rings is 2. The highest BCUT2D eigenvalue weighted by Gasteiger charge is 2.22. The van der Waals surface area contributed by atoms with E-state index >= 15 is 0 Å². The molecular formula is C18H12IN2+. The van der Waals surface area contributed by atoms with Gasteiger partial charge >= 0.3 is 21.2 Å². The Labute approximate surface area is 133 Å². The molecule has 4 aromatic rings. The highest BCUT2D eigenvalue weighted by Crippen LogP contribution is 2.11. The van der Waals surface area contributed by atoms with Gasteiger partial charge in [-0.3, -0.25) is 9.97 Å². The van der Waals surface area contributed by atoms with Crippen molar-refractivity contribution in [1.29, 1.82) is 0 Å². The van der Waals surface area contributed by atoms with Gasteiger partial charge in [-0.25, -0.2) is 0 Å². The molecule has 0 aliphatic rings. The Morgan fingerprint density at radius 3 is 1.57 bits per heavy atom. The van der Waals surface area contributed by atoms with Crippen molar-refractivity contribution in [1.82, 2.24) is 9.97 Å². The molecule has 4 rings (SSSR count). The monoisotopic (exact) mass is 383 g/mol. The fourth-order valence-corrected chi connectivity index (χ4v) is 5.21. The van der Waals surface area contributed by atoms with Crippen LogP contribution in [0.1, 0.15) is 0 Å². The zero-order valence-corrected chi connectivity index (χ0v) is 13.4. The Morgan fingerprint density at radius 2 is 1.05 bits per heavy atom. The molecule has 0 unspecified atom stereocenters. The maximum atomic E-state index is 4.56. The molecule has 0 bridgehead atoms. The fraction of sp³-hybridized carbons (Fsp3) is 0. The molecule has 2 aromatic carbocycles. The third-order valence-corrected chi connectivity index (χ3v) is 6.27. The van der Waals surface area contributed by atoms with Crippen molar-refractivity contribution in [3.63, 3.8) is 0 Å². The average molecular weight is 383 g/mol. The lowest BCUT2D eigenvalue weighted by Crippen LogP contribution is -3.61. The third kappa shape index (κ3) is 2.38. The zero-order valence-electron chi connectivity index (χ0n) is 11.2. The van der Waals surface area contributed by atoms with Crippen LogP contribution in [0, 0.1) is 7.14 Å². The number of aromatic nitrogens is 2. The zero-order chi connectivity index (χ0) is 14.1. The van der Waals surface area contributed by atoms with E-state index in [1.165, 1.54) is 17.9 Å². The summed E-state index contributed by atoms with van der Waals surface area (Å²) >= 11 is -0.301.